The number of rotatable bonds is 42. The molecule has 0 heterocycles. The van der Waals surface area contributed by atoms with E-state index in [9.17, 15) is 44.6 Å². The topological polar surface area (TPSA) is 210 Å². The average molecular weight is 967 g/mol. The first-order valence-electron chi connectivity index (χ1n) is 25.7. The van der Waals surface area contributed by atoms with Crippen LogP contribution in [0.15, 0.2) is 72.9 Å². The summed E-state index contributed by atoms with van der Waals surface area (Å²) in [7, 11) is -5.15. The molecule has 1 aliphatic carbocycles. The molecule has 1 fully saturated rings. The molecular formula is C53H91O13P. The first-order chi connectivity index (χ1) is 32.4. The van der Waals surface area contributed by atoms with Crippen LogP contribution in [0.4, 0.5) is 0 Å². The van der Waals surface area contributed by atoms with Gasteiger partial charge in [0.2, 0.25) is 0 Å². The van der Waals surface area contributed by atoms with Gasteiger partial charge in [-0.05, 0) is 51.4 Å². The van der Waals surface area contributed by atoms with E-state index >= 15 is 0 Å². The SMILES string of the molecule is CC/C=C\C/C=C\C/C=C\C/C=C\C/C=C\C/C=C\CCC(=O)O[C@H](COC(=O)CCCCCCCCCCCCCCCCCCCCC)COP(=O)(O)OC1C(O)C(O)C(O)[C@@H](O)C1O. The second-order valence-electron chi connectivity index (χ2n) is 17.7. The minimum Gasteiger partial charge on any atom is -0.462 e. The second-order valence-corrected chi connectivity index (χ2v) is 19.1. The molecule has 1 rings (SSSR count). The zero-order valence-corrected chi connectivity index (χ0v) is 42.1. The Hall–Kier alpha value is -2.71. The van der Waals surface area contributed by atoms with Gasteiger partial charge in [-0.15, -0.1) is 0 Å². The Labute approximate surface area is 404 Å². The Morgan fingerprint density at radius 2 is 0.851 bits per heavy atom. The molecule has 0 radical (unpaired) electrons. The summed E-state index contributed by atoms with van der Waals surface area (Å²) in [6, 6.07) is 0. The minimum absolute atomic E-state index is 0.0299. The highest BCUT2D eigenvalue weighted by Gasteiger charge is 2.51. The summed E-state index contributed by atoms with van der Waals surface area (Å²) in [5, 5.41) is 50.3. The molecule has 386 valence electrons. The molecule has 0 aromatic rings. The van der Waals surface area contributed by atoms with Gasteiger partial charge in [-0.25, -0.2) is 4.57 Å². The number of esters is 2. The van der Waals surface area contributed by atoms with Crippen molar-refractivity contribution in [1.82, 2.24) is 0 Å². The quantitative estimate of drug-likeness (QED) is 0.0146. The predicted octanol–water partition coefficient (Wildman–Crippen LogP) is 11.1. The van der Waals surface area contributed by atoms with Crippen LogP contribution in [0.3, 0.4) is 0 Å². The Balaban J connectivity index is 2.45. The number of aliphatic hydroxyl groups is 5. The number of unbranched alkanes of at least 4 members (excludes halogenated alkanes) is 18. The van der Waals surface area contributed by atoms with Crippen LogP contribution in [0.25, 0.3) is 0 Å². The van der Waals surface area contributed by atoms with Crippen LogP contribution in [-0.2, 0) is 32.7 Å². The van der Waals surface area contributed by atoms with Crippen molar-refractivity contribution in [2.24, 2.45) is 0 Å². The number of phosphoric acid groups is 1. The first kappa shape index (κ1) is 62.3. The fourth-order valence-electron chi connectivity index (χ4n) is 7.49. The van der Waals surface area contributed by atoms with Gasteiger partial charge in [0.1, 0.15) is 43.2 Å². The van der Waals surface area contributed by atoms with Gasteiger partial charge in [-0.3, -0.25) is 18.6 Å². The van der Waals surface area contributed by atoms with E-state index < -0.39 is 75.7 Å². The number of hydrogen-bond donors (Lipinski definition) is 6. The number of carbonyl (C=O) groups excluding carboxylic acids is 2. The normalized spacial score (nSPS) is 21.7. The van der Waals surface area contributed by atoms with Gasteiger partial charge in [0.15, 0.2) is 6.10 Å². The van der Waals surface area contributed by atoms with Crippen LogP contribution in [-0.4, -0.2) is 98.3 Å². The molecule has 0 saturated heterocycles. The molecule has 0 aliphatic heterocycles. The lowest BCUT2D eigenvalue weighted by Crippen LogP contribution is -2.64. The zero-order valence-electron chi connectivity index (χ0n) is 41.2. The lowest BCUT2D eigenvalue weighted by Gasteiger charge is -2.41. The molecular weight excluding hydrogens is 876 g/mol. The molecule has 1 aliphatic rings. The Morgan fingerprint density at radius 1 is 0.478 bits per heavy atom. The van der Waals surface area contributed by atoms with Crippen LogP contribution < -0.4 is 0 Å². The number of hydrogen-bond acceptors (Lipinski definition) is 12. The maximum atomic E-state index is 12.8. The third kappa shape index (κ3) is 34.3. The number of aliphatic hydroxyl groups excluding tert-OH is 5. The zero-order chi connectivity index (χ0) is 49.2. The number of allylic oxidation sites excluding steroid dienone is 12. The second kappa shape index (κ2) is 42.2. The molecule has 0 spiro atoms. The lowest BCUT2D eigenvalue weighted by molar-refractivity contribution is -0.220. The molecule has 8 atom stereocenters. The van der Waals surface area contributed by atoms with Gasteiger partial charge >= 0.3 is 19.8 Å². The maximum absolute atomic E-state index is 12.8. The summed E-state index contributed by atoms with van der Waals surface area (Å²) in [6.07, 6.45) is 41.1. The van der Waals surface area contributed by atoms with Crippen molar-refractivity contribution >= 4 is 19.8 Å². The monoisotopic (exact) mass is 967 g/mol. The molecule has 0 bridgehead atoms. The molecule has 0 aromatic carbocycles. The van der Waals surface area contributed by atoms with Gasteiger partial charge in [0, 0.05) is 12.8 Å². The minimum atomic E-state index is -5.15. The van der Waals surface area contributed by atoms with Crippen LogP contribution in [0, 0.1) is 0 Å². The molecule has 14 heteroatoms. The van der Waals surface area contributed by atoms with Gasteiger partial charge in [-0.1, -0.05) is 202 Å². The van der Waals surface area contributed by atoms with Crippen molar-refractivity contribution < 1.29 is 63.1 Å². The number of carbonyl (C=O) groups is 2. The molecule has 67 heavy (non-hydrogen) atoms. The van der Waals surface area contributed by atoms with Gasteiger partial charge in [0.05, 0.1) is 6.61 Å². The van der Waals surface area contributed by atoms with Crippen molar-refractivity contribution in [3.8, 4) is 0 Å². The summed E-state index contributed by atoms with van der Waals surface area (Å²) >= 11 is 0. The van der Waals surface area contributed by atoms with E-state index in [1.54, 1.807) is 0 Å². The summed E-state index contributed by atoms with van der Waals surface area (Å²) < 4.78 is 33.5. The maximum Gasteiger partial charge on any atom is 0.472 e. The molecule has 1 saturated carbocycles. The third-order valence-corrected chi connectivity index (χ3v) is 12.6. The third-order valence-electron chi connectivity index (χ3n) is 11.6. The number of ether oxygens (including phenoxy) is 2. The Morgan fingerprint density at radius 3 is 1.27 bits per heavy atom. The van der Waals surface area contributed by atoms with Gasteiger partial charge in [0.25, 0.3) is 0 Å². The largest absolute Gasteiger partial charge is 0.472 e. The summed E-state index contributed by atoms with van der Waals surface area (Å²) in [6.45, 7) is 3.15. The highest BCUT2D eigenvalue weighted by Crippen LogP contribution is 2.47. The molecule has 13 nitrogen and oxygen atoms in total. The molecule has 0 aromatic heterocycles. The lowest BCUT2D eigenvalue weighted by atomic mass is 9.85. The molecule has 6 unspecified atom stereocenters. The van der Waals surface area contributed by atoms with E-state index in [4.69, 9.17) is 18.5 Å². The fourth-order valence-corrected chi connectivity index (χ4v) is 8.46. The standard InChI is InChI=1S/C53H91O13P/c1-3-5-7-9-11-13-15-17-19-21-23-25-27-29-31-33-35-37-39-41-46(54)63-43-45(44-64-67(61,62)66-53-51(59)49(57)48(56)50(58)52(53)60)65-47(55)42-40-38-36-34-32-30-28-26-24-22-20-18-16-14-12-10-8-6-4-2/h6,8,12,14,18,20,24,26,30,32,36,38,45,48-53,56-60H,3-5,7,9-11,13,15-17,19,21-23,25,27-29,31,33-35,37,39-44H2,1-2H3,(H,61,62)/b8-6-,14-12-,20-18-,26-24-,32-30-,38-36-/t45-,48?,49-,50?,51?,52?,53?/m1/s1. The fraction of sp³-hybridized carbons (Fsp3) is 0.736. The van der Waals surface area contributed by atoms with Crippen molar-refractivity contribution in [3.63, 3.8) is 0 Å². The van der Waals surface area contributed by atoms with Crippen molar-refractivity contribution in [3.05, 3.63) is 72.9 Å². The van der Waals surface area contributed by atoms with Crippen LogP contribution in [0.1, 0.15) is 194 Å². The van der Waals surface area contributed by atoms with Crippen LogP contribution in [0.2, 0.25) is 0 Å². The highest BCUT2D eigenvalue weighted by molar-refractivity contribution is 7.47. The highest BCUT2D eigenvalue weighted by atomic mass is 31.2. The van der Waals surface area contributed by atoms with E-state index in [1.807, 2.05) is 18.2 Å². The van der Waals surface area contributed by atoms with E-state index in [1.165, 1.54) is 96.3 Å². The summed E-state index contributed by atoms with van der Waals surface area (Å²) in [5.41, 5.74) is 0. The van der Waals surface area contributed by atoms with E-state index in [2.05, 4.69) is 68.5 Å². The van der Waals surface area contributed by atoms with E-state index in [0.29, 0.717) is 19.3 Å². The van der Waals surface area contributed by atoms with Crippen molar-refractivity contribution in [1.29, 1.82) is 0 Å². The number of phosphoric ester groups is 1. The first-order valence-corrected chi connectivity index (χ1v) is 27.2. The average Bonchev–Trinajstić information content (AvgIpc) is 3.31. The Kier molecular flexibility index (Phi) is 39.2. The smallest absolute Gasteiger partial charge is 0.462 e. The van der Waals surface area contributed by atoms with E-state index in [-0.39, 0.29) is 12.8 Å². The summed E-state index contributed by atoms with van der Waals surface area (Å²) in [4.78, 5) is 35.8. The predicted molar refractivity (Wildman–Crippen MR) is 267 cm³/mol. The van der Waals surface area contributed by atoms with Crippen molar-refractivity contribution in [2.45, 2.75) is 236 Å². The summed E-state index contributed by atoms with van der Waals surface area (Å²) in [5.74, 6) is -1.19. The van der Waals surface area contributed by atoms with E-state index in [0.717, 1.165) is 51.4 Å². The van der Waals surface area contributed by atoms with Crippen molar-refractivity contribution in [2.75, 3.05) is 13.2 Å². The van der Waals surface area contributed by atoms with Crippen LogP contribution in [0.5, 0.6) is 0 Å². The Bertz CT molecular complexity index is 1440. The van der Waals surface area contributed by atoms with Gasteiger partial charge in [-0.2, -0.15) is 0 Å². The van der Waals surface area contributed by atoms with Crippen LogP contribution >= 0.6 is 7.82 Å². The molecule has 6 N–H and O–H groups in total. The van der Waals surface area contributed by atoms with Gasteiger partial charge < -0.3 is 39.9 Å². The molecule has 0 amide bonds.